The van der Waals surface area contributed by atoms with Gasteiger partial charge in [0.15, 0.2) is 0 Å². The SMILES string of the molecule is Cc1cc2c(NC3CCC(C)CC3C)ccc(N)c2cn1. The summed E-state index contributed by atoms with van der Waals surface area (Å²) in [6, 6.07) is 6.78. The van der Waals surface area contributed by atoms with Crippen LogP contribution >= 0.6 is 0 Å². The number of rotatable bonds is 2. The van der Waals surface area contributed by atoms with E-state index in [0.717, 1.165) is 22.7 Å². The molecule has 3 atom stereocenters. The van der Waals surface area contributed by atoms with Gasteiger partial charge in [0, 0.05) is 40.1 Å². The van der Waals surface area contributed by atoms with Gasteiger partial charge in [-0.15, -0.1) is 0 Å². The normalized spacial score (nSPS) is 26.0. The van der Waals surface area contributed by atoms with E-state index in [0.29, 0.717) is 12.0 Å². The molecule has 1 heterocycles. The number of pyridine rings is 1. The van der Waals surface area contributed by atoms with Crippen LogP contribution in [0.1, 0.15) is 38.8 Å². The largest absolute Gasteiger partial charge is 0.398 e. The number of fused-ring (bicyclic) bond motifs is 1. The Morgan fingerprint density at radius 2 is 2.00 bits per heavy atom. The summed E-state index contributed by atoms with van der Waals surface area (Å²) in [6.07, 6.45) is 5.76. The molecule has 3 N–H and O–H groups in total. The lowest BCUT2D eigenvalue weighted by atomic mass is 9.80. The molecule has 3 nitrogen and oxygen atoms in total. The van der Waals surface area contributed by atoms with Crippen molar-refractivity contribution in [3.05, 3.63) is 30.1 Å². The van der Waals surface area contributed by atoms with Crippen molar-refractivity contribution in [3.8, 4) is 0 Å². The lowest BCUT2D eigenvalue weighted by molar-refractivity contribution is 0.276. The summed E-state index contributed by atoms with van der Waals surface area (Å²) in [4.78, 5) is 4.37. The van der Waals surface area contributed by atoms with Gasteiger partial charge in [-0.05, 0) is 56.2 Å². The lowest BCUT2D eigenvalue weighted by Crippen LogP contribution is -2.33. The molecule has 2 aromatic rings. The Morgan fingerprint density at radius 1 is 1.19 bits per heavy atom. The summed E-state index contributed by atoms with van der Waals surface area (Å²) in [6.45, 7) is 6.75. The number of anilines is 2. The first kappa shape index (κ1) is 14.2. The Bertz CT molecular complexity index is 650. The second-order valence-corrected chi connectivity index (χ2v) is 6.72. The molecule has 1 aliphatic rings. The van der Waals surface area contributed by atoms with E-state index in [1.54, 1.807) is 0 Å². The minimum atomic E-state index is 0.557. The molecule has 1 saturated carbocycles. The molecule has 3 rings (SSSR count). The maximum absolute atomic E-state index is 6.09. The summed E-state index contributed by atoms with van der Waals surface area (Å²) in [7, 11) is 0. The monoisotopic (exact) mass is 283 g/mol. The zero-order chi connectivity index (χ0) is 15.0. The fourth-order valence-electron chi connectivity index (χ4n) is 3.57. The van der Waals surface area contributed by atoms with E-state index in [1.165, 1.54) is 30.3 Å². The van der Waals surface area contributed by atoms with Crippen LogP contribution in [0.25, 0.3) is 10.8 Å². The number of nitrogens with one attached hydrogen (secondary N) is 1. The van der Waals surface area contributed by atoms with Crippen LogP contribution in [0.2, 0.25) is 0 Å². The number of nitrogens with zero attached hydrogens (tertiary/aromatic N) is 1. The average Bonchev–Trinajstić information content (AvgIpc) is 2.44. The van der Waals surface area contributed by atoms with Crippen molar-refractivity contribution in [2.45, 2.75) is 46.1 Å². The summed E-state index contributed by atoms with van der Waals surface area (Å²) in [5.41, 5.74) is 9.11. The molecule has 0 amide bonds. The van der Waals surface area contributed by atoms with Crippen molar-refractivity contribution < 1.29 is 0 Å². The molecule has 0 radical (unpaired) electrons. The van der Waals surface area contributed by atoms with Crippen molar-refractivity contribution in [1.82, 2.24) is 4.98 Å². The summed E-state index contributed by atoms with van der Waals surface area (Å²) < 4.78 is 0. The van der Waals surface area contributed by atoms with Crippen LogP contribution in [0.5, 0.6) is 0 Å². The molecule has 1 aliphatic carbocycles. The van der Waals surface area contributed by atoms with E-state index in [9.17, 15) is 0 Å². The maximum atomic E-state index is 6.09. The van der Waals surface area contributed by atoms with Crippen LogP contribution < -0.4 is 11.1 Å². The van der Waals surface area contributed by atoms with Crippen LogP contribution in [0.15, 0.2) is 24.4 Å². The number of nitrogen functional groups attached to an aromatic ring is 1. The van der Waals surface area contributed by atoms with E-state index >= 15 is 0 Å². The van der Waals surface area contributed by atoms with Gasteiger partial charge in [-0.25, -0.2) is 0 Å². The van der Waals surface area contributed by atoms with E-state index in [4.69, 9.17) is 5.73 Å². The predicted octanol–water partition coefficient (Wildman–Crippen LogP) is 4.36. The molecule has 3 heteroatoms. The van der Waals surface area contributed by atoms with Crippen molar-refractivity contribution in [2.24, 2.45) is 11.8 Å². The standard InChI is InChI=1S/C18H25N3/c1-11-4-6-17(12(2)8-11)21-18-7-5-16(19)15-10-20-13(3)9-14(15)18/h5,7,9-12,17,21H,4,6,8,19H2,1-3H3. The second kappa shape index (κ2) is 5.55. The Hall–Kier alpha value is -1.77. The van der Waals surface area contributed by atoms with Crippen LogP contribution in [0.4, 0.5) is 11.4 Å². The van der Waals surface area contributed by atoms with Gasteiger partial charge in [0.05, 0.1) is 0 Å². The minimum absolute atomic E-state index is 0.557. The van der Waals surface area contributed by atoms with Crippen molar-refractivity contribution in [2.75, 3.05) is 11.1 Å². The minimum Gasteiger partial charge on any atom is -0.398 e. The fraction of sp³-hybridized carbons (Fsp3) is 0.500. The first-order valence-electron chi connectivity index (χ1n) is 7.96. The molecular weight excluding hydrogens is 258 g/mol. The number of aromatic nitrogens is 1. The molecule has 112 valence electrons. The van der Waals surface area contributed by atoms with Gasteiger partial charge >= 0.3 is 0 Å². The Balaban J connectivity index is 1.94. The predicted molar refractivity (Wildman–Crippen MR) is 90.5 cm³/mol. The molecule has 0 saturated heterocycles. The third-order valence-electron chi connectivity index (χ3n) is 4.84. The molecule has 0 spiro atoms. The second-order valence-electron chi connectivity index (χ2n) is 6.72. The van der Waals surface area contributed by atoms with E-state index < -0.39 is 0 Å². The highest BCUT2D eigenvalue weighted by atomic mass is 14.9. The van der Waals surface area contributed by atoms with Gasteiger partial charge in [-0.3, -0.25) is 4.98 Å². The van der Waals surface area contributed by atoms with Gasteiger partial charge in [-0.1, -0.05) is 13.8 Å². The smallest absolute Gasteiger partial charge is 0.0424 e. The number of hydrogen-bond acceptors (Lipinski definition) is 3. The number of nitrogens with two attached hydrogens (primary N) is 1. The topological polar surface area (TPSA) is 50.9 Å². The molecule has 21 heavy (non-hydrogen) atoms. The van der Waals surface area contributed by atoms with E-state index in [1.807, 2.05) is 19.2 Å². The van der Waals surface area contributed by atoms with E-state index in [2.05, 4.69) is 36.3 Å². The summed E-state index contributed by atoms with van der Waals surface area (Å²) in [5.74, 6) is 1.57. The van der Waals surface area contributed by atoms with Crippen molar-refractivity contribution >= 4 is 22.1 Å². The maximum Gasteiger partial charge on any atom is 0.0424 e. The van der Waals surface area contributed by atoms with Crippen LogP contribution in [-0.4, -0.2) is 11.0 Å². The number of hydrogen-bond donors (Lipinski definition) is 2. The van der Waals surface area contributed by atoms with E-state index in [-0.39, 0.29) is 0 Å². The van der Waals surface area contributed by atoms with Crippen molar-refractivity contribution in [3.63, 3.8) is 0 Å². The first-order valence-corrected chi connectivity index (χ1v) is 7.96. The van der Waals surface area contributed by atoms with Gasteiger partial charge < -0.3 is 11.1 Å². The molecule has 3 unspecified atom stereocenters. The zero-order valence-electron chi connectivity index (χ0n) is 13.2. The zero-order valence-corrected chi connectivity index (χ0v) is 13.2. The highest BCUT2D eigenvalue weighted by Crippen LogP contribution is 2.34. The highest BCUT2D eigenvalue weighted by Gasteiger charge is 2.25. The fourth-order valence-corrected chi connectivity index (χ4v) is 3.57. The Labute approximate surface area is 127 Å². The van der Waals surface area contributed by atoms with Crippen molar-refractivity contribution in [1.29, 1.82) is 0 Å². The number of aryl methyl sites for hydroxylation is 1. The summed E-state index contributed by atoms with van der Waals surface area (Å²) >= 11 is 0. The lowest BCUT2D eigenvalue weighted by Gasteiger charge is -2.34. The molecule has 1 aromatic heterocycles. The third-order valence-corrected chi connectivity index (χ3v) is 4.84. The summed E-state index contributed by atoms with van der Waals surface area (Å²) in [5, 5.41) is 6.00. The quantitative estimate of drug-likeness (QED) is 0.805. The molecule has 1 fully saturated rings. The van der Waals surface area contributed by atoms with Gasteiger partial charge in [0.25, 0.3) is 0 Å². The average molecular weight is 283 g/mol. The molecule has 0 aliphatic heterocycles. The molecule has 0 bridgehead atoms. The van der Waals surface area contributed by atoms with Gasteiger partial charge in [0.1, 0.15) is 0 Å². The first-order chi connectivity index (χ1) is 10.0. The Kier molecular flexibility index (Phi) is 3.75. The van der Waals surface area contributed by atoms with Crippen LogP contribution in [0, 0.1) is 18.8 Å². The Morgan fingerprint density at radius 3 is 2.76 bits per heavy atom. The van der Waals surface area contributed by atoms with Crippen LogP contribution in [-0.2, 0) is 0 Å². The van der Waals surface area contributed by atoms with Gasteiger partial charge in [-0.2, -0.15) is 0 Å². The molecule has 1 aromatic carbocycles. The highest BCUT2D eigenvalue weighted by molar-refractivity contribution is 6.00. The third kappa shape index (κ3) is 2.82. The van der Waals surface area contributed by atoms with Crippen LogP contribution in [0.3, 0.4) is 0 Å². The number of benzene rings is 1. The van der Waals surface area contributed by atoms with Gasteiger partial charge in [0.2, 0.25) is 0 Å². The molecular formula is C18H25N3.